The van der Waals surface area contributed by atoms with Crippen LogP contribution in [0, 0.1) is 0 Å². The van der Waals surface area contributed by atoms with Crippen molar-refractivity contribution in [1.82, 2.24) is 14.8 Å². The van der Waals surface area contributed by atoms with E-state index in [-0.39, 0.29) is 11.8 Å². The topological polar surface area (TPSA) is 53.5 Å². The van der Waals surface area contributed by atoms with Gasteiger partial charge in [-0.2, -0.15) is 11.3 Å². The molecule has 0 aromatic carbocycles. The first-order chi connectivity index (χ1) is 12.7. The number of nitrogens with zero attached hydrogens (tertiary/aromatic N) is 3. The van der Waals surface area contributed by atoms with E-state index in [0.717, 1.165) is 36.9 Å². The van der Waals surface area contributed by atoms with Gasteiger partial charge in [-0.15, -0.1) is 0 Å². The van der Waals surface area contributed by atoms with Crippen molar-refractivity contribution < 1.29 is 9.59 Å². The van der Waals surface area contributed by atoms with Gasteiger partial charge >= 0.3 is 0 Å². The Morgan fingerprint density at radius 2 is 2.08 bits per heavy atom. The molecule has 5 nitrogen and oxygen atoms in total. The van der Waals surface area contributed by atoms with Crippen LogP contribution in [0.15, 0.2) is 41.4 Å². The van der Waals surface area contributed by atoms with Crippen LogP contribution < -0.4 is 0 Å². The molecule has 0 N–H and O–H groups in total. The lowest BCUT2D eigenvalue weighted by atomic mass is 10.2. The van der Waals surface area contributed by atoms with Crippen LogP contribution in [0.4, 0.5) is 0 Å². The van der Waals surface area contributed by atoms with Gasteiger partial charge in [-0.25, -0.2) is 0 Å². The molecule has 2 amide bonds. The van der Waals surface area contributed by atoms with Crippen LogP contribution >= 0.6 is 11.3 Å². The summed E-state index contributed by atoms with van der Waals surface area (Å²) in [6.45, 7) is 2.42. The Morgan fingerprint density at radius 3 is 2.85 bits per heavy atom. The Balaban J connectivity index is 1.62. The van der Waals surface area contributed by atoms with Crippen molar-refractivity contribution in [3.8, 4) is 0 Å². The summed E-state index contributed by atoms with van der Waals surface area (Å²) in [7, 11) is 0. The lowest BCUT2D eigenvalue weighted by Gasteiger charge is -2.25. The lowest BCUT2D eigenvalue weighted by molar-refractivity contribution is -0.135. The zero-order valence-corrected chi connectivity index (χ0v) is 15.8. The van der Waals surface area contributed by atoms with Crippen LogP contribution in [0.3, 0.4) is 0 Å². The van der Waals surface area contributed by atoms with Crippen LogP contribution in [0.25, 0.3) is 0 Å². The molecule has 0 radical (unpaired) electrons. The predicted octanol–water partition coefficient (Wildman–Crippen LogP) is 3.46. The van der Waals surface area contributed by atoms with Crippen molar-refractivity contribution in [3.63, 3.8) is 0 Å². The molecule has 0 saturated carbocycles. The van der Waals surface area contributed by atoms with Crippen molar-refractivity contribution in [2.45, 2.75) is 45.2 Å². The zero-order chi connectivity index (χ0) is 18.2. The third-order valence-corrected chi connectivity index (χ3v) is 5.40. The van der Waals surface area contributed by atoms with Gasteiger partial charge in [0.2, 0.25) is 11.8 Å². The van der Waals surface area contributed by atoms with E-state index >= 15 is 0 Å². The van der Waals surface area contributed by atoms with Gasteiger partial charge in [-0.05, 0) is 46.9 Å². The molecule has 138 valence electrons. The summed E-state index contributed by atoms with van der Waals surface area (Å²) in [5.74, 6) is 0.268. The monoisotopic (exact) mass is 371 g/mol. The van der Waals surface area contributed by atoms with E-state index in [1.807, 2.05) is 33.4 Å². The van der Waals surface area contributed by atoms with Gasteiger partial charge in [-0.3, -0.25) is 14.6 Å². The molecule has 3 rings (SSSR count). The number of likely N-dealkylation sites (tertiary alicyclic amines) is 1. The van der Waals surface area contributed by atoms with E-state index in [9.17, 15) is 9.59 Å². The van der Waals surface area contributed by atoms with Gasteiger partial charge in [0.1, 0.15) is 0 Å². The lowest BCUT2D eigenvalue weighted by Crippen LogP contribution is -2.36. The van der Waals surface area contributed by atoms with E-state index in [4.69, 9.17) is 0 Å². The molecule has 1 saturated heterocycles. The van der Waals surface area contributed by atoms with E-state index < -0.39 is 0 Å². The fourth-order valence-corrected chi connectivity index (χ4v) is 3.87. The minimum Gasteiger partial charge on any atom is -0.342 e. The Morgan fingerprint density at radius 1 is 1.19 bits per heavy atom. The zero-order valence-electron chi connectivity index (χ0n) is 15.0. The number of hydrogen-bond donors (Lipinski definition) is 0. The second-order valence-corrected chi connectivity index (χ2v) is 7.46. The average molecular weight is 372 g/mol. The molecule has 0 atom stereocenters. The van der Waals surface area contributed by atoms with E-state index in [0.29, 0.717) is 32.5 Å². The summed E-state index contributed by atoms with van der Waals surface area (Å²) in [6, 6.07) is 5.92. The van der Waals surface area contributed by atoms with E-state index in [1.165, 1.54) is 0 Å². The van der Waals surface area contributed by atoms with Gasteiger partial charge in [0.25, 0.3) is 0 Å². The molecular weight excluding hydrogens is 346 g/mol. The summed E-state index contributed by atoms with van der Waals surface area (Å²) in [5, 5.41) is 4.10. The third kappa shape index (κ3) is 5.39. The summed E-state index contributed by atoms with van der Waals surface area (Å²) in [5.41, 5.74) is 2.15. The standard InChI is InChI=1S/C20H25N3O2S/c24-19-6-2-1-3-10-22(19)11-7-20(25)23(15-18-8-12-26-16-18)14-17-5-4-9-21-13-17/h4-5,8-9,12-13,16H,1-3,6-7,10-11,14-15H2. The first kappa shape index (κ1) is 18.6. The Kier molecular flexibility index (Phi) is 6.77. The first-order valence-corrected chi connectivity index (χ1v) is 10.1. The highest BCUT2D eigenvalue weighted by molar-refractivity contribution is 7.07. The molecule has 1 aliphatic heterocycles. The highest BCUT2D eigenvalue weighted by Crippen LogP contribution is 2.15. The Hall–Kier alpha value is -2.21. The Labute approximate surface area is 158 Å². The smallest absolute Gasteiger partial charge is 0.224 e. The fourth-order valence-electron chi connectivity index (χ4n) is 3.21. The number of carbonyl (C=O) groups excluding carboxylic acids is 2. The quantitative estimate of drug-likeness (QED) is 0.749. The van der Waals surface area contributed by atoms with Crippen LogP contribution in [-0.4, -0.2) is 39.7 Å². The number of pyridine rings is 1. The number of amides is 2. The Bertz CT molecular complexity index is 703. The largest absolute Gasteiger partial charge is 0.342 e. The molecule has 0 bridgehead atoms. The highest BCUT2D eigenvalue weighted by atomic mass is 32.1. The third-order valence-electron chi connectivity index (χ3n) is 4.67. The van der Waals surface area contributed by atoms with Crippen molar-refractivity contribution in [2.75, 3.05) is 13.1 Å². The number of hydrogen-bond acceptors (Lipinski definition) is 4. The first-order valence-electron chi connectivity index (χ1n) is 9.18. The molecular formula is C20H25N3O2S. The van der Waals surface area contributed by atoms with E-state index in [1.54, 1.807) is 23.7 Å². The summed E-state index contributed by atoms with van der Waals surface area (Å²) >= 11 is 1.64. The second kappa shape index (κ2) is 9.48. The second-order valence-electron chi connectivity index (χ2n) is 6.68. The molecule has 2 aromatic rings. The molecule has 2 aromatic heterocycles. The SMILES string of the molecule is O=C1CCCCCN1CCC(=O)N(Cc1cccnc1)Cc1ccsc1. The molecule has 26 heavy (non-hydrogen) atoms. The summed E-state index contributed by atoms with van der Waals surface area (Å²) in [4.78, 5) is 32.9. The van der Waals surface area contributed by atoms with E-state index in [2.05, 4.69) is 10.4 Å². The number of aromatic nitrogens is 1. The minimum absolute atomic E-state index is 0.0806. The minimum atomic E-state index is 0.0806. The fraction of sp³-hybridized carbons (Fsp3) is 0.450. The maximum Gasteiger partial charge on any atom is 0.224 e. The van der Waals surface area contributed by atoms with Crippen LogP contribution in [0.2, 0.25) is 0 Å². The number of thiophene rings is 1. The van der Waals surface area contributed by atoms with Crippen molar-refractivity contribution in [2.24, 2.45) is 0 Å². The molecule has 0 unspecified atom stereocenters. The van der Waals surface area contributed by atoms with Gasteiger partial charge in [0.15, 0.2) is 0 Å². The molecule has 6 heteroatoms. The maximum absolute atomic E-state index is 12.9. The van der Waals surface area contributed by atoms with Gasteiger partial charge in [0, 0.05) is 51.4 Å². The van der Waals surface area contributed by atoms with Gasteiger partial charge in [-0.1, -0.05) is 12.5 Å². The number of rotatable bonds is 7. The molecule has 1 aliphatic rings. The predicted molar refractivity (Wildman–Crippen MR) is 102 cm³/mol. The van der Waals surface area contributed by atoms with Gasteiger partial charge < -0.3 is 9.80 Å². The molecule has 0 aliphatic carbocycles. The molecule has 1 fully saturated rings. The summed E-state index contributed by atoms with van der Waals surface area (Å²) < 4.78 is 0. The van der Waals surface area contributed by atoms with Crippen LogP contribution in [0.5, 0.6) is 0 Å². The van der Waals surface area contributed by atoms with Crippen molar-refractivity contribution in [1.29, 1.82) is 0 Å². The van der Waals surface area contributed by atoms with Crippen molar-refractivity contribution >= 4 is 23.2 Å². The molecule has 0 spiro atoms. The van der Waals surface area contributed by atoms with Crippen molar-refractivity contribution in [3.05, 3.63) is 52.5 Å². The normalized spacial score (nSPS) is 14.9. The maximum atomic E-state index is 12.9. The average Bonchev–Trinajstić information content (AvgIpc) is 3.08. The van der Waals surface area contributed by atoms with Gasteiger partial charge in [0.05, 0.1) is 0 Å². The summed E-state index contributed by atoms with van der Waals surface area (Å²) in [6.07, 6.45) is 7.62. The molecule has 3 heterocycles. The van der Waals surface area contributed by atoms with Crippen LogP contribution in [-0.2, 0) is 22.7 Å². The van der Waals surface area contributed by atoms with Crippen LogP contribution in [0.1, 0.15) is 43.2 Å². The highest BCUT2D eigenvalue weighted by Gasteiger charge is 2.20. The number of carbonyl (C=O) groups is 2.